The molecule has 1 aliphatic heterocycles. The normalized spacial score (nSPS) is 32.4. The Bertz CT molecular complexity index is 429. The van der Waals surface area contributed by atoms with E-state index in [1.54, 1.807) is 0 Å². The predicted molar refractivity (Wildman–Crippen MR) is 75.4 cm³/mol. The first-order valence-electron chi connectivity index (χ1n) is 7.25. The van der Waals surface area contributed by atoms with E-state index in [9.17, 15) is 0 Å². The van der Waals surface area contributed by atoms with Crippen LogP contribution < -0.4 is 5.73 Å². The maximum Gasteiger partial charge on any atom is 0.0338 e. The van der Waals surface area contributed by atoms with Crippen LogP contribution in [0.25, 0.3) is 0 Å². The Labute approximate surface area is 110 Å². The average molecular weight is 244 g/mol. The lowest BCUT2D eigenvalue weighted by Gasteiger charge is -2.43. The summed E-state index contributed by atoms with van der Waals surface area (Å²) in [5.74, 6) is 0.839. The first-order chi connectivity index (χ1) is 8.73. The lowest BCUT2D eigenvalue weighted by Crippen LogP contribution is -2.53. The highest BCUT2D eigenvalue weighted by molar-refractivity contribution is 5.29. The third-order valence-corrected chi connectivity index (χ3v) is 5.01. The van der Waals surface area contributed by atoms with Gasteiger partial charge in [0, 0.05) is 25.2 Å². The van der Waals surface area contributed by atoms with Crippen LogP contribution in [0, 0.1) is 5.92 Å². The average Bonchev–Trinajstić information content (AvgIpc) is 2.81. The molecule has 2 N–H and O–H groups in total. The zero-order valence-electron chi connectivity index (χ0n) is 11.4. The van der Waals surface area contributed by atoms with Gasteiger partial charge in [0.05, 0.1) is 0 Å². The first-order valence-corrected chi connectivity index (χ1v) is 7.25. The Balaban J connectivity index is 1.83. The van der Waals surface area contributed by atoms with Gasteiger partial charge in [-0.2, -0.15) is 0 Å². The zero-order valence-corrected chi connectivity index (χ0v) is 11.4. The second-order valence-electron chi connectivity index (χ2n) is 6.22. The summed E-state index contributed by atoms with van der Waals surface area (Å²) in [6, 6.07) is 8.88. The summed E-state index contributed by atoms with van der Waals surface area (Å²) in [6.07, 6.45) is 5.10. The molecule has 2 aliphatic rings. The molecule has 1 fully saturated rings. The van der Waals surface area contributed by atoms with E-state index >= 15 is 0 Å². The van der Waals surface area contributed by atoms with Crippen LogP contribution in [0.4, 0.5) is 0 Å². The molecule has 3 rings (SSSR count). The Morgan fingerprint density at radius 3 is 2.78 bits per heavy atom. The molecule has 2 nitrogen and oxygen atoms in total. The maximum atomic E-state index is 6.14. The highest BCUT2D eigenvalue weighted by Gasteiger charge is 2.42. The van der Waals surface area contributed by atoms with E-state index < -0.39 is 0 Å². The van der Waals surface area contributed by atoms with Crippen molar-refractivity contribution >= 4 is 0 Å². The van der Waals surface area contributed by atoms with Crippen LogP contribution in [0.2, 0.25) is 0 Å². The van der Waals surface area contributed by atoms with E-state index in [1.165, 1.54) is 43.4 Å². The molecule has 0 spiro atoms. The van der Waals surface area contributed by atoms with Crippen molar-refractivity contribution in [3.05, 3.63) is 35.4 Å². The van der Waals surface area contributed by atoms with Crippen molar-refractivity contribution in [2.24, 2.45) is 11.7 Å². The standard InChI is InChI=1S/C16H24N2/c1-13-6-8-16(10-13,12-17)18-9-7-14-4-2-3-5-15(14)11-18/h2-5,13H,6-12,17H2,1H3. The van der Waals surface area contributed by atoms with Gasteiger partial charge in [-0.1, -0.05) is 31.2 Å². The van der Waals surface area contributed by atoms with Crippen molar-refractivity contribution in [3.8, 4) is 0 Å². The van der Waals surface area contributed by atoms with Crippen molar-refractivity contribution in [1.29, 1.82) is 0 Å². The molecule has 0 amide bonds. The lowest BCUT2D eigenvalue weighted by atomic mass is 9.89. The van der Waals surface area contributed by atoms with E-state index in [-0.39, 0.29) is 5.54 Å². The molecule has 2 unspecified atom stereocenters. The molecule has 0 saturated heterocycles. The highest BCUT2D eigenvalue weighted by Crippen LogP contribution is 2.40. The Hall–Kier alpha value is -0.860. The molecule has 1 aliphatic carbocycles. The van der Waals surface area contributed by atoms with Gasteiger partial charge < -0.3 is 5.73 Å². The van der Waals surface area contributed by atoms with Crippen molar-refractivity contribution in [1.82, 2.24) is 4.90 Å². The van der Waals surface area contributed by atoms with Gasteiger partial charge in [0.1, 0.15) is 0 Å². The SMILES string of the molecule is CC1CCC(CN)(N2CCc3ccccc3C2)C1. The van der Waals surface area contributed by atoms with Gasteiger partial charge >= 0.3 is 0 Å². The van der Waals surface area contributed by atoms with Gasteiger partial charge in [0.15, 0.2) is 0 Å². The Morgan fingerprint density at radius 1 is 1.33 bits per heavy atom. The molecule has 1 saturated carbocycles. The van der Waals surface area contributed by atoms with Gasteiger partial charge in [-0.25, -0.2) is 0 Å². The molecule has 1 heterocycles. The van der Waals surface area contributed by atoms with E-state index in [1.807, 2.05) is 0 Å². The lowest BCUT2D eigenvalue weighted by molar-refractivity contribution is 0.0812. The summed E-state index contributed by atoms with van der Waals surface area (Å²) >= 11 is 0. The quantitative estimate of drug-likeness (QED) is 0.866. The van der Waals surface area contributed by atoms with Crippen LogP contribution in [0.3, 0.4) is 0 Å². The summed E-state index contributed by atoms with van der Waals surface area (Å²) in [5, 5.41) is 0. The summed E-state index contributed by atoms with van der Waals surface area (Å²) in [7, 11) is 0. The molecule has 0 bridgehead atoms. The summed E-state index contributed by atoms with van der Waals surface area (Å²) in [4.78, 5) is 2.67. The van der Waals surface area contributed by atoms with Crippen LogP contribution in [0.1, 0.15) is 37.3 Å². The maximum absolute atomic E-state index is 6.14. The minimum atomic E-state index is 0.285. The van der Waals surface area contributed by atoms with Crippen LogP contribution >= 0.6 is 0 Å². The number of nitrogens with two attached hydrogens (primary N) is 1. The molecule has 0 aromatic heterocycles. The number of hydrogen-bond acceptors (Lipinski definition) is 2. The number of rotatable bonds is 2. The molecule has 18 heavy (non-hydrogen) atoms. The molecule has 0 radical (unpaired) electrons. The number of benzene rings is 1. The van der Waals surface area contributed by atoms with E-state index in [4.69, 9.17) is 5.73 Å². The first kappa shape index (κ1) is 12.2. The number of fused-ring (bicyclic) bond motifs is 1. The molecular formula is C16H24N2. The molecular weight excluding hydrogens is 220 g/mol. The van der Waals surface area contributed by atoms with E-state index in [0.29, 0.717) is 0 Å². The fourth-order valence-corrected chi connectivity index (χ4v) is 3.87. The molecule has 1 aromatic carbocycles. The molecule has 1 aromatic rings. The van der Waals surface area contributed by atoms with Gasteiger partial charge in [-0.15, -0.1) is 0 Å². The third-order valence-electron chi connectivity index (χ3n) is 5.01. The number of nitrogens with zero attached hydrogens (tertiary/aromatic N) is 1. The topological polar surface area (TPSA) is 29.3 Å². The second-order valence-corrected chi connectivity index (χ2v) is 6.22. The minimum Gasteiger partial charge on any atom is -0.329 e. The largest absolute Gasteiger partial charge is 0.329 e. The number of hydrogen-bond donors (Lipinski definition) is 1. The highest BCUT2D eigenvalue weighted by atomic mass is 15.2. The Morgan fingerprint density at radius 2 is 2.11 bits per heavy atom. The third kappa shape index (κ3) is 1.98. The van der Waals surface area contributed by atoms with Crippen LogP contribution in [-0.4, -0.2) is 23.5 Å². The molecule has 2 atom stereocenters. The predicted octanol–water partition coefficient (Wildman–Crippen LogP) is 2.56. The Kier molecular flexibility index (Phi) is 3.16. The second kappa shape index (κ2) is 4.67. The van der Waals surface area contributed by atoms with Crippen LogP contribution in [0.5, 0.6) is 0 Å². The smallest absolute Gasteiger partial charge is 0.0338 e. The van der Waals surface area contributed by atoms with Crippen molar-refractivity contribution < 1.29 is 0 Å². The summed E-state index contributed by atoms with van der Waals surface area (Å²) < 4.78 is 0. The van der Waals surface area contributed by atoms with Gasteiger partial charge in [-0.3, -0.25) is 4.90 Å². The van der Waals surface area contributed by atoms with Crippen LogP contribution in [-0.2, 0) is 13.0 Å². The van der Waals surface area contributed by atoms with Gasteiger partial charge in [0.2, 0.25) is 0 Å². The van der Waals surface area contributed by atoms with E-state index in [2.05, 4.69) is 36.1 Å². The van der Waals surface area contributed by atoms with Gasteiger partial charge in [-0.05, 0) is 42.7 Å². The van der Waals surface area contributed by atoms with E-state index in [0.717, 1.165) is 19.0 Å². The van der Waals surface area contributed by atoms with Crippen LogP contribution in [0.15, 0.2) is 24.3 Å². The van der Waals surface area contributed by atoms with Crippen molar-refractivity contribution in [3.63, 3.8) is 0 Å². The zero-order chi connectivity index (χ0) is 12.6. The summed E-state index contributed by atoms with van der Waals surface area (Å²) in [5.41, 5.74) is 9.47. The fraction of sp³-hybridized carbons (Fsp3) is 0.625. The summed E-state index contributed by atoms with van der Waals surface area (Å²) in [6.45, 7) is 5.47. The van der Waals surface area contributed by atoms with Gasteiger partial charge in [0.25, 0.3) is 0 Å². The van der Waals surface area contributed by atoms with Crippen molar-refractivity contribution in [2.45, 2.75) is 44.7 Å². The monoisotopic (exact) mass is 244 g/mol. The minimum absolute atomic E-state index is 0.285. The molecule has 98 valence electrons. The van der Waals surface area contributed by atoms with Crippen molar-refractivity contribution in [2.75, 3.05) is 13.1 Å². The molecule has 2 heteroatoms. The fourth-order valence-electron chi connectivity index (χ4n) is 3.87.